The van der Waals surface area contributed by atoms with Crippen molar-refractivity contribution in [2.45, 2.75) is 31.7 Å². The first-order chi connectivity index (χ1) is 14.6. The number of nitrogens with zero attached hydrogens (tertiary/aromatic N) is 5. The Hall–Kier alpha value is -3.40. The summed E-state index contributed by atoms with van der Waals surface area (Å²) in [4.78, 5) is 26.2. The zero-order chi connectivity index (χ0) is 21.1. The molecule has 4 rings (SSSR count). The molecule has 1 aromatic carbocycles. The molecular weight excluding hydrogens is 376 g/mol. The number of nitriles is 1. The molecule has 0 unspecified atom stereocenters. The molecule has 0 aromatic heterocycles. The first kappa shape index (κ1) is 19.9. The number of amides is 1. The highest BCUT2D eigenvalue weighted by Gasteiger charge is 2.53. The Bertz CT molecular complexity index is 978. The number of piperazine rings is 1. The van der Waals surface area contributed by atoms with Gasteiger partial charge in [-0.15, -0.1) is 0 Å². The largest absolute Gasteiger partial charge is 0.352 e. The number of benzene rings is 1. The predicted molar refractivity (Wildman–Crippen MR) is 117 cm³/mol. The molecule has 1 saturated heterocycles. The Morgan fingerprint density at radius 3 is 2.70 bits per heavy atom. The maximum atomic E-state index is 13.1. The number of amidine groups is 1. The van der Waals surface area contributed by atoms with Crippen LogP contribution in [-0.4, -0.2) is 60.0 Å². The second-order valence-corrected chi connectivity index (χ2v) is 7.87. The van der Waals surface area contributed by atoms with E-state index in [4.69, 9.17) is 5.26 Å². The van der Waals surface area contributed by atoms with Gasteiger partial charge in [0.15, 0.2) is 0 Å². The van der Waals surface area contributed by atoms with E-state index in [9.17, 15) is 4.79 Å². The van der Waals surface area contributed by atoms with E-state index in [0.29, 0.717) is 31.6 Å². The van der Waals surface area contributed by atoms with Gasteiger partial charge >= 0.3 is 0 Å². The fraction of sp³-hybridized carbons (Fsp3) is 0.391. The summed E-state index contributed by atoms with van der Waals surface area (Å²) in [6.07, 6.45) is 6.24. The maximum Gasteiger partial charge on any atom is 0.227 e. The normalized spacial score (nSPS) is 22.1. The molecule has 1 aliphatic carbocycles. The van der Waals surface area contributed by atoms with Gasteiger partial charge in [-0.05, 0) is 50.3 Å². The highest BCUT2D eigenvalue weighted by atomic mass is 16.2. The summed E-state index contributed by atoms with van der Waals surface area (Å²) in [7, 11) is 0. The molecule has 2 heterocycles. The Balaban J connectivity index is 1.49. The Labute approximate surface area is 177 Å². The topological polar surface area (TPSA) is 84.1 Å². The van der Waals surface area contributed by atoms with E-state index in [1.165, 1.54) is 0 Å². The molecule has 7 heteroatoms. The molecule has 2 fully saturated rings. The van der Waals surface area contributed by atoms with Crippen LogP contribution in [0, 0.1) is 11.3 Å². The third kappa shape index (κ3) is 3.73. The van der Waals surface area contributed by atoms with Gasteiger partial charge in [0, 0.05) is 32.4 Å². The van der Waals surface area contributed by atoms with E-state index in [0.717, 1.165) is 42.2 Å². The molecular formula is C23H26N6O. The molecule has 7 nitrogen and oxygen atoms in total. The summed E-state index contributed by atoms with van der Waals surface area (Å²) in [5, 5.41) is 12.1. The van der Waals surface area contributed by atoms with Gasteiger partial charge in [-0.2, -0.15) is 5.26 Å². The van der Waals surface area contributed by atoms with Gasteiger partial charge < -0.3 is 15.1 Å². The predicted octanol–water partition coefficient (Wildman–Crippen LogP) is 2.23. The van der Waals surface area contributed by atoms with Gasteiger partial charge in [-0.3, -0.25) is 9.79 Å². The molecule has 3 aliphatic rings. The lowest BCUT2D eigenvalue weighted by atomic mass is 10.1. The molecule has 1 saturated carbocycles. The fourth-order valence-electron chi connectivity index (χ4n) is 4.27. The van der Waals surface area contributed by atoms with Gasteiger partial charge in [-0.1, -0.05) is 12.1 Å². The minimum Gasteiger partial charge on any atom is -0.352 e. The van der Waals surface area contributed by atoms with Crippen LogP contribution in [0.25, 0.3) is 0 Å². The summed E-state index contributed by atoms with van der Waals surface area (Å²) >= 11 is 0. The number of rotatable bonds is 5. The fourth-order valence-corrected chi connectivity index (χ4v) is 4.27. The van der Waals surface area contributed by atoms with Gasteiger partial charge in [0.2, 0.25) is 5.91 Å². The molecule has 1 amide bonds. The zero-order valence-corrected chi connectivity index (χ0v) is 17.3. The quantitative estimate of drug-likeness (QED) is 0.766. The van der Waals surface area contributed by atoms with E-state index >= 15 is 0 Å². The van der Waals surface area contributed by atoms with E-state index in [2.05, 4.69) is 37.9 Å². The molecule has 0 atom stereocenters. The molecule has 1 aromatic rings. The van der Waals surface area contributed by atoms with E-state index in [-0.39, 0.29) is 11.4 Å². The van der Waals surface area contributed by atoms with Crippen molar-refractivity contribution in [1.82, 2.24) is 15.1 Å². The summed E-state index contributed by atoms with van der Waals surface area (Å²) in [6, 6.07) is 9.37. The van der Waals surface area contributed by atoms with Crippen LogP contribution in [0.5, 0.6) is 0 Å². The zero-order valence-electron chi connectivity index (χ0n) is 17.3. The third-order valence-corrected chi connectivity index (χ3v) is 5.95. The van der Waals surface area contributed by atoms with Crippen molar-refractivity contribution in [2.24, 2.45) is 9.98 Å². The smallest absolute Gasteiger partial charge is 0.227 e. The number of carbonyl (C=O) groups excluding carboxylic acids is 1. The Kier molecular flexibility index (Phi) is 5.40. The van der Waals surface area contributed by atoms with Crippen molar-refractivity contribution >= 4 is 18.5 Å². The maximum absolute atomic E-state index is 13.1. The van der Waals surface area contributed by atoms with Crippen molar-refractivity contribution in [3.63, 3.8) is 0 Å². The number of hydrogen-bond acceptors (Lipinski definition) is 5. The second-order valence-electron chi connectivity index (χ2n) is 7.87. The molecule has 0 radical (unpaired) electrons. The first-order valence-electron chi connectivity index (χ1n) is 10.3. The number of aliphatic imine (C=N–C) groups is 2. The number of hydrogen-bond donors (Lipinski definition) is 1. The van der Waals surface area contributed by atoms with Crippen LogP contribution in [0.1, 0.15) is 30.9 Å². The summed E-state index contributed by atoms with van der Waals surface area (Å²) in [6.45, 7) is 8.64. The standard InChI is InChI=1S/C23H26N6O/c1-3-26-21-19(8-11-27-21)22(25-2)28-12-13-29(23(16-28)9-10-23)20(30)14-17-4-6-18(15-24)7-5-17/h4-8,11H,2-3,9-10,12-14,16H2,1H3,(H,26,27)/b22-19+. The molecule has 1 spiro atoms. The summed E-state index contributed by atoms with van der Waals surface area (Å²) < 4.78 is 0. The van der Waals surface area contributed by atoms with Gasteiger partial charge in [0.1, 0.15) is 11.7 Å². The summed E-state index contributed by atoms with van der Waals surface area (Å²) in [5.41, 5.74) is 2.39. The van der Waals surface area contributed by atoms with E-state index in [1.54, 1.807) is 12.1 Å². The van der Waals surface area contributed by atoms with Gasteiger partial charge in [0.05, 0.1) is 29.2 Å². The third-order valence-electron chi connectivity index (χ3n) is 5.95. The van der Waals surface area contributed by atoms with Crippen LogP contribution >= 0.6 is 0 Å². The van der Waals surface area contributed by atoms with Crippen LogP contribution in [0.2, 0.25) is 0 Å². The van der Waals surface area contributed by atoms with Crippen LogP contribution in [-0.2, 0) is 11.2 Å². The van der Waals surface area contributed by atoms with Crippen LogP contribution in [0.15, 0.2) is 57.9 Å². The first-order valence-corrected chi connectivity index (χ1v) is 10.3. The highest BCUT2D eigenvalue weighted by Crippen LogP contribution is 2.45. The molecule has 1 N–H and O–H groups in total. The molecule has 154 valence electrons. The average molecular weight is 403 g/mol. The van der Waals surface area contributed by atoms with Gasteiger partial charge in [0.25, 0.3) is 0 Å². The molecule has 2 aliphatic heterocycles. The van der Waals surface area contributed by atoms with Crippen molar-refractivity contribution < 1.29 is 4.79 Å². The van der Waals surface area contributed by atoms with E-state index < -0.39 is 0 Å². The Morgan fingerprint density at radius 1 is 1.30 bits per heavy atom. The minimum absolute atomic E-state index is 0.115. The highest BCUT2D eigenvalue weighted by molar-refractivity contribution is 6.04. The van der Waals surface area contributed by atoms with Crippen molar-refractivity contribution in [3.8, 4) is 6.07 Å². The summed E-state index contributed by atoms with van der Waals surface area (Å²) in [5.74, 6) is 1.80. The number of carbonyl (C=O) groups is 1. The van der Waals surface area contributed by atoms with Crippen LogP contribution in [0.4, 0.5) is 0 Å². The lowest BCUT2D eigenvalue weighted by Gasteiger charge is -2.43. The van der Waals surface area contributed by atoms with Crippen LogP contribution in [0.3, 0.4) is 0 Å². The van der Waals surface area contributed by atoms with Crippen molar-refractivity contribution in [3.05, 3.63) is 59.1 Å². The lowest BCUT2D eigenvalue weighted by molar-refractivity contribution is -0.136. The minimum atomic E-state index is -0.115. The lowest BCUT2D eigenvalue weighted by Crippen LogP contribution is -2.57. The molecule has 0 bridgehead atoms. The SMILES string of the molecule is C=N/C(=C1/C=CNC1=NCC)N1CCN(C(=O)Cc2ccc(C#N)cc2)C2(CC2)C1. The van der Waals surface area contributed by atoms with Crippen molar-refractivity contribution in [1.29, 1.82) is 5.26 Å². The Morgan fingerprint density at radius 2 is 2.07 bits per heavy atom. The number of nitrogens with one attached hydrogen (secondary N) is 1. The second kappa shape index (κ2) is 8.15. The van der Waals surface area contributed by atoms with Crippen LogP contribution < -0.4 is 5.32 Å². The molecule has 30 heavy (non-hydrogen) atoms. The monoisotopic (exact) mass is 402 g/mol. The average Bonchev–Trinajstić information content (AvgIpc) is 3.36. The van der Waals surface area contributed by atoms with E-state index in [1.807, 2.05) is 31.3 Å². The van der Waals surface area contributed by atoms with Gasteiger partial charge in [-0.25, -0.2) is 4.99 Å². The van der Waals surface area contributed by atoms with Crippen molar-refractivity contribution in [2.75, 3.05) is 26.2 Å².